The first-order valence-electron chi connectivity index (χ1n) is 10.3. The second kappa shape index (κ2) is 9.44. The van der Waals surface area contributed by atoms with Gasteiger partial charge in [-0.2, -0.15) is 0 Å². The molecule has 168 valence electrons. The largest absolute Gasteiger partial charge is 0.481 e. The van der Waals surface area contributed by atoms with Crippen LogP contribution in [0.4, 0.5) is 11.4 Å². The van der Waals surface area contributed by atoms with E-state index in [0.717, 1.165) is 22.3 Å². The Morgan fingerprint density at radius 1 is 0.906 bits per heavy atom. The second-order valence-corrected chi connectivity index (χ2v) is 9.58. The molecule has 0 bridgehead atoms. The highest BCUT2D eigenvalue weighted by molar-refractivity contribution is 7.92. The molecule has 3 aromatic rings. The number of benzene rings is 3. The zero-order valence-corrected chi connectivity index (χ0v) is 19.7. The first-order valence-corrected chi connectivity index (χ1v) is 11.8. The molecule has 2 N–H and O–H groups in total. The molecule has 0 saturated carbocycles. The maximum absolute atomic E-state index is 12.7. The van der Waals surface area contributed by atoms with Gasteiger partial charge in [-0.3, -0.25) is 9.52 Å². The average Bonchev–Trinajstić information content (AvgIpc) is 2.74. The lowest BCUT2D eigenvalue weighted by Crippen LogP contribution is -2.30. The lowest BCUT2D eigenvalue weighted by molar-refractivity contribution is -0.122. The van der Waals surface area contributed by atoms with Gasteiger partial charge in [-0.1, -0.05) is 29.8 Å². The normalized spacial score (nSPS) is 12.2. The molecule has 0 fully saturated rings. The molecular formula is C25H28N2O4S. The van der Waals surface area contributed by atoms with Crippen LogP contribution in [-0.4, -0.2) is 20.4 Å². The molecule has 0 aliphatic carbocycles. The second-order valence-electron chi connectivity index (χ2n) is 7.90. The minimum absolute atomic E-state index is 0.107. The van der Waals surface area contributed by atoms with Crippen molar-refractivity contribution in [2.45, 2.75) is 45.6 Å². The van der Waals surface area contributed by atoms with Gasteiger partial charge in [0.1, 0.15) is 5.75 Å². The SMILES string of the molecule is Cc1ccc(NS(=O)(=O)c2ccc(NC(=O)[C@H](C)Oc3cccc(C)c3C)cc2)c(C)c1. The third-order valence-electron chi connectivity index (χ3n) is 5.29. The molecule has 1 amide bonds. The Hall–Kier alpha value is -3.32. The maximum atomic E-state index is 12.7. The molecule has 0 unspecified atom stereocenters. The molecule has 3 aromatic carbocycles. The lowest BCUT2D eigenvalue weighted by atomic mass is 10.1. The van der Waals surface area contributed by atoms with Crippen LogP contribution >= 0.6 is 0 Å². The zero-order valence-electron chi connectivity index (χ0n) is 18.9. The van der Waals surface area contributed by atoms with E-state index in [9.17, 15) is 13.2 Å². The topological polar surface area (TPSA) is 84.5 Å². The highest BCUT2D eigenvalue weighted by atomic mass is 32.2. The molecule has 1 atom stereocenters. The predicted molar refractivity (Wildman–Crippen MR) is 128 cm³/mol. The average molecular weight is 453 g/mol. The van der Waals surface area contributed by atoms with Crippen molar-refractivity contribution < 1.29 is 17.9 Å². The molecule has 7 heteroatoms. The Kier molecular flexibility index (Phi) is 6.89. The van der Waals surface area contributed by atoms with Crippen molar-refractivity contribution in [1.82, 2.24) is 0 Å². The summed E-state index contributed by atoms with van der Waals surface area (Å²) in [6.45, 7) is 9.40. The van der Waals surface area contributed by atoms with Gasteiger partial charge in [0.15, 0.2) is 6.10 Å². The van der Waals surface area contributed by atoms with E-state index in [4.69, 9.17) is 4.74 Å². The molecule has 0 saturated heterocycles. The number of hydrogen-bond donors (Lipinski definition) is 2. The molecule has 0 radical (unpaired) electrons. The third-order valence-corrected chi connectivity index (χ3v) is 6.67. The summed E-state index contributed by atoms with van der Waals surface area (Å²) >= 11 is 0. The summed E-state index contributed by atoms with van der Waals surface area (Å²) in [6.07, 6.45) is -0.718. The van der Waals surface area contributed by atoms with E-state index in [1.54, 1.807) is 25.1 Å². The zero-order chi connectivity index (χ0) is 23.5. The minimum Gasteiger partial charge on any atom is -0.481 e. The van der Waals surface area contributed by atoms with Gasteiger partial charge in [-0.15, -0.1) is 0 Å². The van der Waals surface area contributed by atoms with Crippen LogP contribution < -0.4 is 14.8 Å². The van der Waals surface area contributed by atoms with Gasteiger partial charge in [-0.05, 0) is 87.7 Å². The Bertz CT molecular complexity index is 1240. The molecule has 6 nitrogen and oxygen atoms in total. The molecular weight excluding hydrogens is 424 g/mol. The maximum Gasteiger partial charge on any atom is 0.265 e. The monoisotopic (exact) mass is 452 g/mol. The highest BCUT2D eigenvalue weighted by Crippen LogP contribution is 2.23. The van der Waals surface area contributed by atoms with Crippen LogP contribution in [0.2, 0.25) is 0 Å². The van der Waals surface area contributed by atoms with Gasteiger partial charge in [0.2, 0.25) is 0 Å². The molecule has 0 heterocycles. The van der Waals surface area contributed by atoms with Crippen molar-refractivity contribution in [2.75, 3.05) is 10.0 Å². The van der Waals surface area contributed by atoms with Crippen LogP contribution in [0.15, 0.2) is 65.6 Å². The Balaban J connectivity index is 1.67. The standard InChI is InChI=1S/C25H28N2O4S/c1-16-9-14-23(18(3)15-16)27-32(29,30)22-12-10-21(11-13-22)26-25(28)20(5)31-24-8-6-7-17(2)19(24)4/h6-15,20,27H,1-5H3,(H,26,28)/t20-/m0/s1. The van der Waals surface area contributed by atoms with Crippen LogP contribution in [0.3, 0.4) is 0 Å². The number of anilines is 2. The molecule has 32 heavy (non-hydrogen) atoms. The van der Waals surface area contributed by atoms with E-state index in [1.807, 2.05) is 58.0 Å². The van der Waals surface area contributed by atoms with E-state index >= 15 is 0 Å². The first-order chi connectivity index (χ1) is 15.1. The van der Waals surface area contributed by atoms with Crippen LogP contribution in [0.5, 0.6) is 5.75 Å². The fourth-order valence-electron chi connectivity index (χ4n) is 3.19. The number of nitrogens with one attached hydrogen (secondary N) is 2. The van der Waals surface area contributed by atoms with Crippen molar-refractivity contribution in [2.24, 2.45) is 0 Å². The van der Waals surface area contributed by atoms with Gasteiger partial charge in [0, 0.05) is 5.69 Å². The van der Waals surface area contributed by atoms with Crippen LogP contribution in [0.1, 0.15) is 29.2 Å². The van der Waals surface area contributed by atoms with Crippen LogP contribution in [-0.2, 0) is 14.8 Å². The lowest BCUT2D eigenvalue weighted by Gasteiger charge is -2.17. The van der Waals surface area contributed by atoms with Crippen molar-refractivity contribution in [3.63, 3.8) is 0 Å². The Labute approximate surface area is 189 Å². The quantitative estimate of drug-likeness (QED) is 0.521. The van der Waals surface area contributed by atoms with Gasteiger partial charge in [-0.25, -0.2) is 8.42 Å². The third kappa shape index (κ3) is 5.48. The van der Waals surface area contributed by atoms with E-state index in [-0.39, 0.29) is 10.8 Å². The Morgan fingerprint density at radius 2 is 1.59 bits per heavy atom. The first kappa shape index (κ1) is 23.3. The summed E-state index contributed by atoms with van der Waals surface area (Å²) in [7, 11) is -3.75. The molecule has 0 aliphatic heterocycles. The highest BCUT2D eigenvalue weighted by Gasteiger charge is 2.18. The number of ether oxygens (including phenoxy) is 1. The fraction of sp³-hybridized carbons (Fsp3) is 0.240. The van der Waals surface area contributed by atoms with E-state index in [1.165, 1.54) is 12.1 Å². The fourth-order valence-corrected chi connectivity index (χ4v) is 4.32. The van der Waals surface area contributed by atoms with Gasteiger partial charge >= 0.3 is 0 Å². The van der Waals surface area contributed by atoms with Gasteiger partial charge in [0.05, 0.1) is 10.6 Å². The van der Waals surface area contributed by atoms with Crippen molar-refractivity contribution in [3.05, 3.63) is 82.9 Å². The summed E-state index contributed by atoms with van der Waals surface area (Å²) in [4.78, 5) is 12.6. The number of sulfonamides is 1. The van der Waals surface area contributed by atoms with E-state index in [0.29, 0.717) is 17.1 Å². The number of amides is 1. The number of carbonyl (C=O) groups is 1. The molecule has 3 rings (SSSR count). The van der Waals surface area contributed by atoms with Crippen molar-refractivity contribution in [3.8, 4) is 5.75 Å². The summed E-state index contributed by atoms with van der Waals surface area (Å²) in [5.74, 6) is 0.335. The summed E-state index contributed by atoms with van der Waals surface area (Å²) in [5, 5.41) is 2.76. The molecule has 0 spiro atoms. The van der Waals surface area contributed by atoms with Crippen molar-refractivity contribution >= 4 is 27.3 Å². The predicted octanol–water partition coefficient (Wildman–Crippen LogP) is 5.13. The number of carbonyl (C=O) groups excluding carboxylic acids is 1. The van der Waals surface area contributed by atoms with Gasteiger partial charge < -0.3 is 10.1 Å². The van der Waals surface area contributed by atoms with E-state index < -0.39 is 16.1 Å². The smallest absolute Gasteiger partial charge is 0.265 e. The summed E-state index contributed by atoms with van der Waals surface area (Å²) in [5.41, 5.74) is 4.98. The van der Waals surface area contributed by atoms with Crippen molar-refractivity contribution in [1.29, 1.82) is 0 Å². The molecule has 0 aromatic heterocycles. The Morgan fingerprint density at radius 3 is 2.25 bits per heavy atom. The summed E-state index contributed by atoms with van der Waals surface area (Å²) in [6, 6.07) is 17.2. The van der Waals surface area contributed by atoms with Gasteiger partial charge in [0.25, 0.3) is 15.9 Å². The minimum atomic E-state index is -3.75. The number of aryl methyl sites for hydroxylation is 3. The van der Waals surface area contributed by atoms with Crippen LogP contribution in [0, 0.1) is 27.7 Å². The number of rotatable bonds is 7. The number of hydrogen-bond acceptors (Lipinski definition) is 4. The van der Waals surface area contributed by atoms with E-state index in [2.05, 4.69) is 10.0 Å². The van der Waals surface area contributed by atoms with Crippen LogP contribution in [0.25, 0.3) is 0 Å². The summed E-state index contributed by atoms with van der Waals surface area (Å²) < 4.78 is 33.9. The molecule has 0 aliphatic rings.